The van der Waals surface area contributed by atoms with Gasteiger partial charge in [-0.3, -0.25) is 4.79 Å². The Morgan fingerprint density at radius 1 is 1.41 bits per heavy atom. The quantitative estimate of drug-likeness (QED) is 0.347. The third-order valence-electron chi connectivity index (χ3n) is 2.36. The first-order valence-corrected chi connectivity index (χ1v) is 5.55. The molecule has 0 saturated heterocycles. The van der Waals surface area contributed by atoms with Crippen LogP contribution in [-0.4, -0.2) is 19.0 Å². The Labute approximate surface area is 100 Å². The van der Waals surface area contributed by atoms with Gasteiger partial charge in [0.1, 0.15) is 0 Å². The molecule has 0 saturated carbocycles. The predicted molar refractivity (Wildman–Crippen MR) is 66.5 cm³/mol. The Balaban J connectivity index is 2.23. The molecule has 0 unspecified atom stereocenters. The largest absolute Gasteiger partial charge is 0.356 e. The molecule has 0 fully saturated rings. The number of nitrogens with one attached hydrogen (secondary N) is 1. The summed E-state index contributed by atoms with van der Waals surface area (Å²) in [5.41, 5.74) is 10.4. The van der Waals surface area contributed by atoms with Crippen molar-refractivity contribution in [2.24, 2.45) is 5.11 Å². The van der Waals surface area contributed by atoms with Crippen LogP contribution in [0.3, 0.4) is 0 Å². The van der Waals surface area contributed by atoms with E-state index in [0.717, 1.165) is 12.0 Å². The molecule has 5 nitrogen and oxygen atoms in total. The first-order chi connectivity index (χ1) is 8.22. The van der Waals surface area contributed by atoms with Crippen LogP contribution in [0.15, 0.2) is 29.4 Å². The van der Waals surface area contributed by atoms with E-state index in [4.69, 9.17) is 5.53 Å². The van der Waals surface area contributed by atoms with Gasteiger partial charge in [-0.25, -0.2) is 0 Å². The van der Waals surface area contributed by atoms with E-state index in [9.17, 15) is 4.79 Å². The fourth-order valence-electron chi connectivity index (χ4n) is 1.39. The van der Waals surface area contributed by atoms with Crippen molar-refractivity contribution < 1.29 is 4.79 Å². The van der Waals surface area contributed by atoms with Crippen molar-refractivity contribution in [2.75, 3.05) is 13.1 Å². The van der Waals surface area contributed by atoms with Gasteiger partial charge in [0, 0.05) is 24.4 Å². The summed E-state index contributed by atoms with van der Waals surface area (Å²) < 4.78 is 0. The summed E-state index contributed by atoms with van der Waals surface area (Å²) in [5.74, 6) is -0.0151. The Hall–Kier alpha value is -2.00. The molecule has 0 spiro atoms. The smallest absolute Gasteiger partial charge is 0.220 e. The van der Waals surface area contributed by atoms with E-state index >= 15 is 0 Å². The summed E-state index contributed by atoms with van der Waals surface area (Å²) >= 11 is 0. The molecule has 90 valence electrons. The maximum Gasteiger partial charge on any atom is 0.220 e. The van der Waals surface area contributed by atoms with Gasteiger partial charge < -0.3 is 5.32 Å². The van der Waals surface area contributed by atoms with E-state index in [1.54, 1.807) is 0 Å². The van der Waals surface area contributed by atoms with Gasteiger partial charge in [0.15, 0.2) is 0 Å². The zero-order chi connectivity index (χ0) is 12.5. The second-order valence-electron chi connectivity index (χ2n) is 3.79. The summed E-state index contributed by atoms with van der Waals surface area (Å²) in [6.07, 6.45) is 1.19. The van der Waals surface area contributed by atoms with Gasteiger partial charge in [0.2, 0.25) is 5.91 Å². The topological polar surface area (TPSA) is 77.9 Å². The number of nitrogens with zero attached hydrogens (tertiary/aromatic N) is 3. The molecule has 0 aromatic heterocycles. The molecule has 0 radical (unpaired) electrons. The predicted octanol–water partition coefficient (Wildman–Crippen LogP) is 2.35. The molecular weight excluding hydrogens is 216 g/mol. The fourth-order valence-corrected chi connectivity index (χ4v) is 1.39. The Morgan fingerprint density at radius 3 is 2.76 bits per heavy atom. The van der Waals surface area contributed by atoms with Crippen LogP contribution in [0.4, 0.5) is 0 Å². The molecule has 5 heteroatoms. The lowest BCUT2D eigenvalue weighted by atomic mass is 10.1. The third-order valence-corrected chi connectivity index (χ3v) is 2.36. The van der Waals surface area contributed by atoms with Crippen LogP contribution in [0.1, 0.15) is 17.5 Å². The normalized spacial score (nSPS) is 9.47. The van der Waals surface area contributed by atoms with Gasteiger partial charge in [-0.05, 0) is 24.4 Å². The zero-order valence-electron chi connectivity index (χ0n) is 9.89. The molecule has 1 amide bonds. The number of amides is 1. The van der Waals surface area contributed by atoms with Gasteiger partial charge in [0.25, 0.3) is 0 Å². The van der Waals surface area contributed by atoms with Crippen LogP contribution in [0.25, 0.3) is 10.4 Å². The lowest BCUT2D eigenvalue weighted by molar-refractivity contribution is -0.120. The summed E-state index contributed by atoms with van der Waals surface area (Å²) in [6, 6.07) is 8.13. The first-order valence-electron chi connectivity index (χ1n) is 5.55. The molecule has 1 rings (SSSR count). The zero-order valence-corrected chi connectivity index (χ0v) is 9.89. The summed E-state index contributed by atoms with van der Waals surface area (Å²) in [7, 11) is 0. The number of hydrogen-bond donors (Lipinski definition) is 1. The maximum absolute atomic E-state index is 11.4. The summed E-state index contributed by atoms with van der Waals surface area (Å²) in [5, 5.41) is 6.03. The van der Waals surface area contributed by atoms with Gasteiger partial charge in [-0.1, -0.05) is 34.9 Å². The molecule has 1 aromatic rings. The Kier molecular flexibility index (Phi) is 5.61. The van der Waals surface area contributed by atoms with Crippen molar-refractivity contribution in [3.8, 4) is 0 Å². The van der Waals surface area contributed by atoms with Crippen LogP contribution in [0.2, 0.25) is 0 Å². The van der Waals surface area contributed by atoms with Crippen LogP contribution < -0.4 is 5.32 Å². The highest BCUT2D eigenvalue weighted by Gasteiger charge is 2.00. The fraction of sp³-hybridized carbons (Fsp3) is 0.417. The van der Waals surface area contributed by atoms with Crippen molar-refractivity contribution in [1.29, 1.82) is 0 Å². The molecule has 0 aliphatic carbocycles. The van der Waals surface area contributed by atoms with E-state index in [1.807, 2.05) is 31.2 Å². The second kappa shape index (κ2) is 7.30. The maximum atomic E-state index is 11.4. The lowest BCUT2D eigenvalue weighted by Crippen LogP contribution is -2.26. The van der Waals surface area contributed by atoms with Crippen molar-refractivity contribution in [2.45, 2.75) is 19.8 Å². The number of carbonyl (C=O) groups is 1. The monoisotopic (exact) mass is 232 g/mol. The minimum atomic E-state index is -0.0151. The SMILES string of the molecule is Cc1ccc(CCC(=O)NCCN=[N+]=[N-])cc1. The summed E-state index contributed by atoms with van der Waals surface area (Å²) in [4.78, 5) is 14.0. The highest BCUT2D eigenvalue weighted by molar-refractivity contribution is 5.76. The molecule has 17 heavy (non-hydrogen) atoms. The molecular formula is C12H16N4O. The van der Waals surface area contributed by atoms with Crippen molar-refractivity contribution in [3.63, 3.8) is 0 Å². The van der Waals surface area contributed by atoms with Crippen LogP contribution in [0.5, 0.6) is 0 Å². The minimum absolute atomic E-state index is 0.0151. The van der Waals surface area contributed by atoms with Crippen molar-refractivity contribution in [1.82, 2.24) is 5.32 Å². The Bertz CT molecular complexity index is 407. The third kappa shape index (κ3) is 5.58. The molecule has 1 N–H and O–H groups in total. The lowest BCUT2D eigenvalue weighted by Gasteiger charge is -2.03. The summed E-state index contributed by atoms with van der Waals surface area (Å²) in [6.45, 7) is 2.73. The highest BCUT2D eigenvalue weighted by Crippen LogP contribution is 2.05. The number of carbonyl (C=O) groups excluding carboxylic acids is 1. The van der Waals surface area contributed by atoms with Crippen LogP contribution in [0, 0.1) is 6.92 Å². The van der Waals surface area contributed by atoms with Crippen LogP contribution >= 0.6 is 0 Å². The van der Waals surface area contributed by atoms with E-state index in [1.165, 1.54) is 5.56 Å². The molecule has 0 aliphatic heterocycles. The minimum Gasteiger partial charge on any atom is -0.356 e. The average molecular weight is 232 g/mol. The van der Waals surface area contributed by atoms with Crippen molar-refractivity contribution >= 4 is 5.91 Å². The van der Waals surface area contributed by atoms with E-state index < -0.39 is 0 Å². The number of hydrogen-bond acceptors (Lipinski definition) is 2. The highest BCUT2D eigenvalue weighted by atomic mass is 16.1. The van der Waals surface area contributed by atoms with Crippen LogP contribution in [-0.2, 0) is 11.2 Å². The van der Waals surface area contributed by atoms with Gasteiger partial charge in [-0.15, -0.1) is 0 Å². The molecule has 0 heterocycles. The number of rotatable bonds is 6. The molecule has 0 bridgehead atoms. The van der Waals surface area contributed by atoms with E-state index in [2.05, 4.69) is 15.3 Å². The number of benzene rings is 1. The van der Waals surface area contributed by atoms with Gasteiger partial charge in [-0.2, -0.15) is 0 Å². The van der Waals surface area contributed by atoms with Crippen molar-refractivity contribution in [3.05, 3.63) is 45.8 Å². The Morgan fingerprint density at radius 2 is 2.12 bits per heavy atom. The second-order valence-corrected chi connectivity index (χ2v) is 3.79. The van der Waals surface area contributed by atoms with E-state index in [-0.39, 0.29) is 5.91 Å². The average Bonchev–Trinajstić information content (AvgIpc) is 2.34. The standard InChI is InChI=1S/C12H16N4O/c1-10-2-4-11(5-3-10)6-7-12(17)14-8-9-15-16-13/h2-5H,6-9H2,1H3,(H,14,17). The van der Waals surface area contributed by atoms with E-state index in [0.29, 0.717) is 19.5 Å². The molecule has 0 aliphatic rings. The van der Waals surface area contributed by atoms with Gasteiger partial charge >= 0.3 is 0 Å². The molecule has 0 atom stereocenters. The number of aryl methyl sites for hydroxylation is 2. The molecule has 1 aromatic carbocycles. The van der Waals surface area contributed by atoms with Gasteiger partial charge in [0.05, 0.1) is 0 Å². The first kappa shape index (κ1) is 13.1. The number of azide groups is 1.